The van der Waals surface area contributed by atoms with Crippen molar-refractivity contribution in [3.05, 3.63) is 30.1 Å². The van der Waals surface area contributed by atoms with Crippen LogP contribution in [0.15, 0.2) is 24.5 Å². The Morgan fingerprint density at radius 3 is 2.88 bits per heavy atom. The van der Waals surface area contributed by atoms with Crippen LogP contribution in [0.5, 0.6) is 0 Å². The second-order valence-electron chi connectivity index (χ2n) is 4.77. The summed E-state index contributed by atoms with van der Waals surface area (Å²) in [5.41, 5.74) is 6.97. The molecule has 0 saturated carbocycles. The molecule has 1 amide bonds. The summed E-state index contributed by atoms with van der Waals surface area (Å²) in [7, 11) is 0. The molecule has 17 heavy (non-hydrogen) atoms. The Morgan fingerprint density at radius 2 is 2.29 bits per heavy atom. The molecule has 2 heterocycles. The summed E-state index contributed by atoms with van der Waals surface area (Å²) < 4.78 is 0. The van der Waals surface area contributed by atoms with Gasteiger partial charge in [0.25, 0.3) is 0 Å². The van der Waals surface area contributed by atoms with E-state index in [1.165, 1.54) is 0 Å². The first-order chi connectivity index (χ1) is 8.16. The molecule has 0 spiro atoms. The van der Waals surface area contributed by atoms with E-state index < -0.39 is 0 Å². The fraction of sp³-hybridized carbons (Fsp3) is 0.538. The molecule has 2 rings (SSSR count). The molecule has 1 saturated heterocycles. The lowest BCUT2D eigenvalue weighted by Crippen LogP contribution is -2.32. The predicted molar refractivity (Wildman–Crippen MR) is 66.4 cm³/mol. The summed E-state index contributed by atoms with van der Waals surface area (Å²) in [4.78, 5) is 17.9. The molecular formula is C13H19N3O. The van der Waals surface area contributed by atoms with Crippen molar-refractivity contribution in [2.45, 2.75) is 31.7 Å². The zero-order valence-corrected chi connectivity index (χ0v) is 10.2. The topological polar surface area (TPSA) is 59.2 Å². The second kappa shape index (κ2) is 5.27. The quantitative estimate of drug-likeness (QED) is 0.851. The van der Waals surface area contributed by atoms with Crippen molar-refractivity contribution >= 4 is 5.91 Å². The number of rotatable bonds is 3. The number of likely N-dealkylation sites (tertiary alicyclic amines) is 1. The number of nitrogens with two attached hydrogens (primary N) is 1. The minimum atomic E-state index is 0.162. The fourth-order valence-electron chi connectivity index (χ4n) is 2.21. The van der Waals surface area contributed by atoms with Crippen LogP contribution in [-0.4, -0.2) is 34.9 Å². The minimum absolute atomic E-state index is 0.162. The third-order valence-electron chi connectivity index (χ3n) is 3.33. The van der Waals surface area contributed by atoms with Crippen LogP contribution in [0.4, 0.5) is 0 Å². The van der Waals surface area contributed by atoms with Gasteiger partial charge in [0, 0.05) is 37.9 Å². The number of amides is 1. The lowest BCUT2D eigenvalue weighted by Gasteiger charge is -2.18. The number of nitrogens with zero attached hydrogens (tertiary/aromatic N) is 2. The maximum absolute atomic E-state index is 12.0. The van der Waals surface area contributed by atoms with Crippen molar-refractivity contribution in [3.8, 4) is 0 Å². The summed E-state index contributed by atoms with van der Waals surface area (Å²) >= 11 is 0. The molecule has 1 aliphatic rings. The van der Waals surface area contributed by atoms with Crippen molar-refractivity contribution in [1.29, 1.82) is 0 Å². The van der Waals surface area contributed by atoms with E-state index in [4.69, 9.17) is 5.73 Å². The Morgan fingerprint density at radius 1 is 1.59 bits per heavy atom. The molecule has 0 bridgehead atoms. The fourth-order valence-corrected chi connectivity index (χ4v) is 2.21. The van der Waals surface area contributed by atoms with Gasteiger partial charge in [0.15, 0.2) is 0 Å². The summed E-state index contributed by atoms with van der Waals surface area (Å²) in [6, 6.07) is 4.09. The number of hydrogen-bond donors (Lipinski definition) is 1. The maximum Gasteiger partial charge on any atom is 0.223 e. The molecule has 92 valence electrons. The molecule has 2 atom stereocenters. The molecule has 1 aromatic heterocycles. The van der Waals surface area contributed by atoms with Gasteiger partial charge in [-0.25, -0.2) is 0 Å². The van der Waals surface area contributed by atoms with Gasteiger partial charge in [-0.1, -0.05) is 6.92 Å². The number of hydrogen-bond acceptors (Lipinski definition) is 3. The zero-order valence-electron chi connectivity index (χ0n) is 10.2. The first-order valence-electron chi connectivity index (χ1n) is 6.10. The van der Waals surface area contributed by atoms with Gasteiger partial charge in [0.05, 0.1) is 0 Å². The van der Waals surface area contributed by atoms with Gasteiger partial charge >= 0.3 is 0 Å². The lowest BCUT2D eigenvalue weighted by atomic mass is 9.98. The lowest BCUT2D eigenvalue weighted by molar-refractivity contribution is -0.130. The zero-order chi connectivity index (χ0) is 12.3. The van der Waals surface area contributed by atoms with Crippen molar-refractivity contribution in [3.63, 3.8) is 0 Å². The summed E-state index contributed by atoms with van der Waals surface area (Å²) in [5, 5.41) is 0. The van der Waals surface area contributed by atoms with E-state index in [-0.39, 0.29) is 17.9 Å². The third kappa shape index (κ3) is 3.03. The van der Waals surface area contributed by atoms with Crippen LogP contribution >= 0.6 is 0 Å². The summed E-state index contributed by atoms with van der Waals surface area (Å²) in [5.74, 6) is 0.449. The van der Waals surface area contributed by atoms with E-state index in [9.17, 15) is 4.79 Å². The van der Waals surface area contributed by atoms with Crippen LogP contribution in [0.25, 0.3) is 0 Å². The Bertz CT molecular complexity index is 380. The second-order valence-corrected chi connectivity index (χ2v) is 4.77. The maximum atomic E-state index is 12.0. The van der Waals surface area contributed by atoms with Gasteiger partial charge in [-0.15, -0.1) is 0 Å². The van der Waals surface area contributed by atoms with E-state index >= 15 is 0 Å². The minimum Gasteiger partial charge on any atom is -0.341 e. The highest BCUT2D eigenvalue weighted by molar-refractivity contribution is 5.77. The average molecular weight is 233 g/mol. The monoisotopic (exact) mass is 233 g/mol. The Hall–Kier alpha value is -1.42. The molecule has 4 nitrogen and oxygen atoms in total. The van der Waals surface area contributed by atoms with Gasteiger partial charge < -0.3 is 10.6 Å². The molecule has 4 heteroatoms. The van der Waals surface area contributed by atoms with Gasteiger partial charge in [0.1, 0.15) is 0 Å². The summed E-state index contributed by atoms with van der Waals surface area (Å²) in [6.45, 7) is 3.59. The molecule has 0 aliphatic carbocycles. The molecule has 1 aliphatic heterocycles. The van der Waals surface area contributed by atoms with Crippen LogP contribution in [0.1, 0.15) is 31.2 Å². The molecule has 0 radical (unpaired) electrons. The molecule has 2 N–H and O–H groups in total. The SMILES string of the molecule is C[C@H](CC(=O)N1CC[C@H](N)C1)c1ccncc1. The Kier molecular flexibility index (Phi) is 3.74. The van der Waals surface area contributed by atoms with Crippen LogP contribution in [0, 0.1) is 0 Å². The number of aromatic nitrogens is 1. The van der Waals surface area contributed by atoms with E-state index in [1.807, 2.05) is 17.0 Å². The highest BCUT2D eigenvalue weighted by atomic mass is 16.2. The van der Waals surface area contributed by atoms with Crippen LogP contribution in [-0.2, 0) is 4.79 Å². The van der Waals surface area contributed by atoms with Gasteiger partial charge in [-0.3, -0.25) is 9.78 Å². The Balaban J connectivity index is 1.91. The standard InChI is InChI=1S/C13H19N3O/c1-10(11-2-5-15-6-3-11)8-13(17)16-7-4-12(14)9-16/h2-3,5-6,10,12H,4,7-9,14H2,1H3/t10-,12+/m1/s1. The average Bonchev–Trinajstić information content (AvgIpc) is 2.77. The normalized spacial score (nSPS) is 21.5. The molecule has 0 aromatic carbocycles. The molecular weight excluding hydrogens is 214 g/mol. The van der Waals surface area contributed by atoms with E-state index in [2.05, 4.69) is 11.9 Å². The van der Waals surface area contributed by atoms with E-state index in [1.54, 1.807) is 12.4 Å². The summed E-state index contributed by atoms with van der Waals surface area (Å²) in [6.07, 6.45) is 5.01. The highest BCUT2D eigenvalue weighted by Gasteiger charge is 2.24. The first-order valence-corrected chi connectivity index (χ1v) is 6.10. The van der Waals surface area contributed by atoms with Crippen molar-refractivity contribution in [1.82, 2.24) is 9.88 Å². The van der Waals surface area contributed by atoms with E-state index in [0.29, 0.717) is 13.0 Å². The Labute approximate surface area is 102 Å². The molecule has 1 fully saturated rings. The first kappa shape index (κ1) is 12.0. The van der Waals surface area contributed by atoms with Crippen molar-refractivity contribution < 1.29 is 4.79 Å². The third-order valence-corrected chi connectivity index (χ3v) is 3.33. The van der Waals surface area contributed by atoms with Crippen LogP contribution in [0.3, 0.4) is 0 Å². The largest absolute Gasteiger partial charge is 0.341 e. The predicted octanol–water partition coefficient (Wildman–Crippen LogP) is 1.13. The van der Waals surface area contributed by atoms with Gasteiger partial charge in [-0.2, -0.15) is 0 Å². The van der Waals surface area contributed by atoms with Gasteiger partial charge in [0.2, 0.25) is 5.91 Å². The number of pyridine rings is 1. The van der Waals surface area contributed by atoms with E-state index in [0.717, 1.165) is 18.5 Å². The number of carbonyl (C=O) groups excluding carboxylic acids is 1. The van der Waals surface area contributed by atoms with Crippen LogP contribution < -0.4 is 5.73 Å². The molecule has 0 unspecified atom stereocenters. The van der Waals surface area contributed by atoms with Crippen molar-refractivity contribution in [2.24, 2.45) is 5.73 Å². The highest BCUT2D eigenvalue weighted by Crippen LogP contribution is 2.20. The smallest absolute Gasteiger partial charge is 0.223 e. The number of carbonyl (C=O) groups is 1. The van der Waals surface area contributed by atoms with Crippen molar-refractivity contribution in [2.75, 3.05) is 13.1 Å². The van der Waals surface area contributed by atoms with Crippen LogP contribution in [0.2, 0.25) is 0 Å². The molecule has 1 aromatic rings. The van der Waals surface area contributed by atoms with Gasteiger partial charge in [-0.05, 0) is 30.0 Å².